The van der Waals surface area contributed by atoms with Crippen LogP contribution in [-0.2, 0) is 71.0 Å². The highest BCUT2D eigenvalue weighted by Gasteiger charge is 2.45. The summed E-state index contributed by atoms with van der Waals surface area (Å²) >= 11 is 0.354. The van der Waals surface area contributed by atoms with Gasteiger partial charge in [0.15, 0.2) is 17.3 Å². The molecule has 422 valence electrons. The lowest BCUT2D eigenvalue weighted by molar-refractivity contribution is -0.145. The van der Waals surface area contributed by atoms with E-state index < -0.39 is 158 Å². The Bertz CT molecular complexity index is 2400. The molecule has 76 heavy (non-hydrogen) atoms. The van der Waals surface area contributed by atoms with Crippen molar-refractivity contribution in [3.8, 4) is 5.75 Å². The number of aromatic amines is 1. The summed E-state index contributed by atoms with van der Waals surface area (Å²) < 4.78 is 6.12. The third kappa shape index (κ3) is 17.5. The van der Waals surface area contributed by atoms with Crippen LogP contribution in [-0.4, -0.2) is 171 Å². The van der Waals surface area contributed by atoms with Gasteiger partial charge in [-0.25, -0.2) is 5.90 Å². The van der Waals surface area contributed by atoms with Crippen molar-refractivity contribution in [1.82, 2.24) is 36.5 Å². The molecular weight excluding hydrogens is 1010 g/mol. The van der Waals surface area contributed by atoms with Crippen LogP contribution in [0.5, 0.6) is 5.75 Å². The number of aliphatic hydroxyl groups excluding tert-OH is 3. The van der Waals surface area contributed by atoms with Crippen LogP contribution in [0.3, 0.4) is 0 Å². The minimum Gasteiger partial charge on any atom is -0.870 e. The Balaban J connectivity index is 0.0000125. The number of thiol groups is 1. The topological polar surface area (TPSA) is 411 Å². The predicted octanol–water partition coefficient (Wildman–Crippen LogP) is -2.38. The average molecular weight is 1090 g/mol. The molecule has 10 atom stereocenters. The van der Waals surface area contributed by atoms with E-state index >= 15 is 0 Å². The van der Waals surface area contributed by atoms with Gasteiger partial charge in [0.2, 0.25) is 46.4 Å². The third-order valence-electron chi connectivity index (χ3n) is 14.1. The minimum atomic E-state index is -1.60. The van der Waals surface area contributed by atoms with Gasteiger partial charge in [-0.1, -0.05) is 46.5 Å². The van der Waals surface area contributed by atoms with Crippen LogP contribution in [0.4, 0.5) is 0 Å². The normalized spacial score (nSPS) is 24.9. The van der Waals surface area contributed by atoms with Gasteiger partial charge in [0.25, 0.3) is 0 Å². The van der Waals surface area contributed by atoms with Gasteiger partial charge in [-0.15, -0.1) is 0 Å². The number of ketones is 3. The number of ether oxygens (including phenoxy) is 1. The Kier molecular flexibility index (Phi) is 24.7. The number of Topliss-reactive ketones (excluding diaryl/α,β-unsaturated/α-hetero) is 3. The van der Waals surface area contributed by atoms with Crippen molar-refractivity contribution in [3.63, 3.8) is 0 Å². The summed E-state index contributed by atoms with van der Waals surface area (Å²) in [5.41, 5.74) is 6.64. The lowest BCUT2D eigenvalue weighted by Crippen LogP contribution is -2.56. The van der Waals surface area contributed by atoms with E-state index in [-0.39, 0.29) is 36.5 Å². The zero-order chi connectivity index (χ0) is 54.9. The number of aromatic nitrogens is 1. The SMILES string of the molecule is CC[C@H](C)[C@@H]1NC(=O)CNC(=O)[C@@H]2CC(=O)[C@H]([C@@H](C)[C@@H](O)CO)NC(=O)[C@@H]3C[C@@H](O)CN3C(=O)[C@H](CC(N)=O)CC(=O)[C@H](C[SH+]c3[nH]c4cc(OCCCCCCCC(=O)CON)ccc4c3C2)NC(=O)CNC1=O.[OH-]. The number of primary amides is 1. The molecule has 7 amide bonds. The van der Waals surface area contributed by atoms with E-state index in [4.69, 9.17) is 16.4 Å². The summed E-state index contributed by atoms with van der Waals surface area (Å²) in [6.07, 6.45) is -0.530. The molecule has 0 radical (unpaired) electrons. The fourth-order valence-corrected chi connectivity index (χ4v) is 10.8. The summed E-state index contributed by atoms with van der Waals surface area (Å²) in [7, 11) is 0. The summed E-state index contributed by atoms with van der Waals surface area (Å²) in [6, 6.07) is -0.386. The molecule has 1 aromatic carbocycles. The number of hydrogen-bond acceptors (Lipinski definition) is 17. The number of nitrogens with zero attached hydrogens (tertiary/aromatic N) is 1. The molecule has 5 rings (SSSR count). The van der Waals surface area contributed by atoms with E-state index in [0.29, 0.717) is 71.3 Å². The maximum Gasteiger partial charge on any atom is 0.243 e. The Morgan fingerprint density at radius 3 is 2.24 bits per heavy atom. The second-order valence-corrected chi connectivity index (χ2v) is 20.9. The zero-order valence-electron chi connectivity index (χ0n) is 43.2. The largest absolute Gasteiger partial charge is 0.870 e. The standard InChI is InChI=1S/C50H73N9O15S.H2O/c1-4-26(2)44-48(71)54-20-42(67)55-36-25-75-49-34(33-12-11-32(19-35(33)56-49)73-13-9-7-5-6-8-10-30(61)24-74-52)14-28(46(69)53-21-43(68)57-44)15-39(64)45(27(3)40(65)23-60)58-47(70)37-18-31(62)22-59(37)50(72)29(16-38(36)63)17-41(51)66;/h11-12,19,26-29,31,36-37,40,44-45,56,60,62,65H,4-10,13-18,20-25,52H2,1-3H3,(H2,51,66)(H,53,69)(H,54,71)(H,55,67)(H,57,68)(H,58,70);1H2/t26-,27-,28-,29-,31+,36-,37-,40-,44-,45-;/m0./s1. The summed E-state index contributed by atoms with van der Waals surface area (Å²) in [4.78, 5) is 146. The van der Waals surface area contributed by atoms with Crippen molar-refractivity contribution >= 4 is 81.4 Å². The number of nitrogens with two attached hydrogens (primary N) is 2. The van der Waals surface area contributed by atoms with E-state index in [9.17, 15) is 63.3 Å². The fourth-order valence-electron chi connectivity index (χ4n) is 9.56. The highest BCUT2D eigenvalue weighted by Crippen LogP contribution is 2.32. The van der Waals surface area contributed by atoms with Crippen LogP contribution < -0.4 is 43.0 Å². The number of H-pyrrole nitrogens is 1. The maximum absolute atomic E-state index is 14.8. The molecule has 25 nitrogen and oxygen atoms in total. The van der Waals surface area contributed by atoms with Gasteiger partial charge in [0, 0.05) is 79.3 Å². The second kappa shape index (κ2) is 30.1. The molecule has 26 heteroatoms. The van der Waals surface area contributed by atoms with Gasteiger partial charge in [-0.3, -0.25) is 52.8 Å². The van der Waals surface area contributed by atoms with Crippen molar-refractivity contribution in [2.24, 2.45) is 35.3 Å². The molecule has 0 spiro atoms. The molecule has 0 unspecified atom stereocenters. The molecule has 4 heterocycles. The molecule has 0 aliphatic carbocycles. The highest BCUT2D eigenvalue weighted by atomic mass is 32.2. The predicted molar refractivity (Wildman–Crippen MR) is 274 cm³/mol. The highest BCUT2D eigenvalue weighted by molar-refractivity contribution is 7.78. The van der Waals surface area contributed by atoms with Crippen LogP contribution in [0.25, 0.3) is 10.9 Å². The number of amides is 7. The van der Waals surface area contributed by atoms with Crippen molar-refractivity contribution in [2.75, 3.05) is 45.2 Å². The number of rotatable bonds is 18. The van der Waals surface area contributed by atoms with Gasteiger partial charge in [0.05, 0.1) is 56.0 Å². The van der Waals surface area contributed by atoms with Crippen molar-refractivity contribution in [1.29, 1.82) is 0 Å². The molecule has 14 N–H and O–H groups in total. The number of nitrogens with one attached hydrogen (secondary N) is 6. The van der Waals surface area contributed by atoms with Gasteiger partial charge < -0.3 is 67.7 Å². The number of unbranched alkanes of at least 4 members (excludes halogenated alkanes) is 4. The van der Waals surface area contributed by atoms with Crippen molar-refractivity contribution < 1.29 is 78.3 Å². The van der Waals surface area contributed by atoms with Crippen LogP contribution in [0.2, 0.25) is 0 Å². The van der Waals surface area contributed by atoms with E-state index in [1.807, 2.05) is 0 Å². The summed E-state index contributed by atoms with van der Waals surface area (Å²) in [5, 5.41) is 45.8. The number of carbonyl (C=O) groups excluding carboxylic acids is 10. The molecule has 1 saturated heterocycles. The van der Waals surface area contributed by atoms with Gasteiger partial charge in [-0.05, 0) is 37.3 Å². The number of hydrogen-bond donors (Lipinski definition) is 11. The van der Waals surface area contributed by atoms with E-state index in [2.05, 4.69) is 36.4 Å². The molecule has 3 aliphatic rings. The summed E-state index contributed by atoms with van der Waals surface area (Å²) in [6.45, 7) is 2.61. The first-order chi connectivity index (χ1) is 35.7. The smallest absolute Gasteiger partial charge is 0.243 e. The Morgan fingerprint density at radius 2 is 1.55 bits per heavy atom. The molecular formula is C50H75N9O16S. The average Bonchev–Trinajstić information content (AvgIpc) is 3.94. The number of aliphatic hydroxyl groups is 3. The molecule has 3 aliphatic heterocycles. The van der Waals surface area contributed by atoms with Crippen LogP contribution in [0, 0.1) is 23.7 Å². The maximum atomic E-state index is 14.8. The first-order valence-electron chi connectivity index (χ1n) is 25.6. The lowest BCUT2D eigenvalue weighted by atomic mass is 9.85. The zero-order valence-corrected chi connectivity index (χ0v) is 44.1. The third-order valence-corrected chi connectivity index (χ3v) is 15.4. The van der Waals surface area contributed by atoms with Gasteiger partial charge >= 0.3 is 0 Å². The van der Waals surface area contributed by atoms with E-state index in [1.165, 1.54) is 6.92 Å². The molecule has 2 bridgehead atoms. The number of benzene rings is 1. The molecule has 1 fully saturated rings. The van der Waals surface area contributed by atoms with Crippen LogP contribution in [0.15, 0.2) is 23.2 Å². The monoisotopic (exact) mass is 1090 g/mol. The second-order valence-electron chi connectivity index (χ2n) is 19.8. The van der Waals surface area contributed by atoms with Crippen LogP contribution >= 0.6 is 0 Å². The van der Waals surface area contributed by atoms with E-state index in [1.54, 1.807) is 32.0 Å². The lowest BCUT2D eigenvalue weighted by Gasteiger charge is -2.32. The van der Waals surface area contributed by atoms with Crippen LogP contribution in [0.1, 0.15) is 97.0 Å². The van der Waals surface area contributed by atoms with Crippen molar-refractivity contribution in [2.45, 2.75) is 139 Å². The number of carbonyl (C=O) groups is 10. The quantitative estimate of drug-likeness (QED) is 0.0321. The molecule has 1 aromatic heterocycles. The summed E-state index contributed by atoms with van der Waals surface area (Å²) in [5.74, 6) is -6.59. The Hall–Kier alpha value is -6.03. The Labute approximate surface area is 444 Å². The first kappa shape index (κ1) is 62.5. The van der Waals surface area contributed by atoms with Crippen molar-refractivity contribution in [3.05, 3.63) is 23.8 Å². The Morgan fingerprint density at radius 1 is 0.868 bits per heavy atom. The molecule has 0 saturated carbocycles. The fraction of sp³-hybridized carbons (Fsp3) is 0.640. The van der Waals surface area contributed by atoms with Gasteiger partial charge in [-0.2, -0.15) is 0 Å². The van der Waals surface area contributed by atoms with E-state index in [0.717, 1.165) is 24.2 Å². The minimum absolute atomic E-state index is 0. The first-order valence-corrected chi connectivity index (χ1v) is 26.7. The molecule has 2 aromatic rings. The number of fused-ring (bicyclic) bond motifs is 5. The van der Waals surface area contributed by atoms with Gasteiger partial charge in [0.1, 0.15) is 36.2 Å².